The fraction of sp³-hybridized carbons (Fsp3) is 0.379. The third-order valence-electron chi connectivity index (χ3n) is 8.20. The average Bonchev–Trinajstić information content (AvgIpc) is 3.59. The molecule has 3 amide bonds. The van der Waals surface area contributed by atoms with Crippen molar-refractivity contribution in [1.29, 1.82) is 0 Å². The Morgan fingerprint density at radius 2 is 1.50 bits per heavy atom. The van der Waals surface area contributed by atoms with Crippen LogP contribution in [0.2, 0.25) is 0 Å². The topological polar surface area (TPSA) is 84.0 Å². The highest BCUT2D eigenvalue weighted by molar-refractivity contribution is 6.23. The van der Waals surface area contributed by atoms with Gasteiger partial charge in [0.1, 0.15) is 5.75 Å². The molecule has 1 saturated carbocycles. The molecule has 2 heterocycles. The van der Waals surface area contributed by atoms with Crippen LogP contribution in [0.5, 0.6) is 5.75 Å². The number of fused-ring (bicyclic) bond motifs is 5. The van der Waals surface area contributed by atoms with Gasteiger partial charge in [-0.2, -0.15) is 0 Å². The molecule has 2 bridgehead atoms. The summed E-state index contributed by atoms with van der Waals surface area (Å²) < 4.78 is 5.63. The van der Waals surface area contributed by atoms with E-state index in [4.69, 9.17) is 4.74 Å². The standard InChI is InChI=1S/C29H28N2O5/c1-15-4-8-22(16(2)10-15)30-14-20(13-24(30)32)29(35)36-21-7-9-23(17(3)11-21)31-27(33)25-18-5-6-19(12-18)26(25)28(31)34/h4-11,18-20,25-26H,12-14H2,1-3H3/t18-,19-,20+,25-,26+/m0/s1. The summed E-state index contributed by atoms with van der Waals surface area (Å²) in [6.45, 7) is 6.03. The van der Waals surface area contributed by atoms with Crippen LogP contribution >= 0.6 is 0 Å². The first-order chi connectivity index (χ1) is 17.2. The number of aryl methyl sites for hydroxylation is 3. The van der Waals surface area contributed by atoms with Gasteiger partial charge in [-0.05, 0) is 74.4 Å². The van der Waals surface area contributed by atoms with Gasteiger partial charge in [0, 0.05) is 18.7 Å². The quantitative estimate of drug-likeness (QED) is 0.285. The van der Waals surface area contributed by atoms with E-state index in [0.717, 1.165) is 23.2 Å². The van der Waals surface area contributed by atoms with E-state index in [9.17, 15) is 19.2 Å². The summed E-state index contributed by atoms with van der Waals surface area (Å²) in [4.78, 5) is 54.8. The van der Waals surface area contributed by atoms with Crippen molar-refractivity contribution in [2.75, 3.05) is 16.3 Å². The van der Waals surface area contributed by atoms with Gasteiger partial charge in [-0.25, -0.2) is 4.90 Å². The van der Waals surface area contributed by atoms with Crippen LogP contribution in [0.1, 0.15) is 29.5 Å². The Kier molecular flexibility index (Phi) is 5.14. The van der Waals surface area contributed by atoms with Gasteiger partial charge in [0.2, 0.25) is 17.7 Å². The van der Waals surface area contributed by atoms with Gasteiger partial charge < -0.3 is 9.64 Å². The van der Waals surface area contributed by atoms with E-state index < -0.39 is 11.9 Å². The normalized spacial score (nSPS) is 28.4. The van der Waals surface area contributed by atoms with E-state index >= 15 is 0 Å². The van der Waals surface area contributed by atoms with Crippen LogP contribution in [0.3, 0.4) is 0 Å². The Morgan fingerprint density at radius 1 is 0.861 bits per heavy atom. The van der Waals surface area contributed by atoms with E-state index in [1.165, 1.54) is 4.90 Å². The molecular formula is C29H28N2O5. The van der Waals surface area contributed by atoms with Crippen LogP contribution in [-0.4, -0.2) is 30.2 Å². The third kappa shape index (κ3) is 3.40. The lowest BCUT2D eigenvalue weighted by atomic mass is 9.85. The summed E-state index contributed by atoms with van der Waals surface area (Å²) >= 11 is 0. The van der Waals surface area contributed by atoms with Gasteiger partial charge in [0.15, 0.2) is 0 Å². The predicted molar refractivity (Wildman–Crippen MR) is 133 cm³/mol. The summed E-state index contributed by atoms with van der Waals surface area (Å²) in [6, 6.07) is 10.8. The lowest BCUT2D eigenvalue weighted by molar-refractivity contribution is -0.139. The lowest BCUT2D eigenvalue weighted by Crippen LogP contribution is -2.33. The Hall–Kier alpha value is -3.74. The molecule has 0 aromatic heterocycles. The lowest BCUT2D eigenvalue weighted by Gasteiger charge is -2.20. The average molecular weight is 485 g/mol. The van der Waals surface area contributed by atoms with Gasteiger partial charge in [-0.15, -0.1) is 0 Å². The number of hydrogen-bond donors (Lipinski definition) is 0. The fourth-order valence-electron chi connectivity index (χ4n) is 6.49. The molecule has 0 radical (unpaired) electrons. The molecular weight excluding hydrogens is 456 g/mol. The van der Waals surface area contributed by atoms with Crippen LogP contribution in [0.25, 0.3) is 0 Å². The van der Waals surface area contributed by atoms with Crippen molar-refractivity contribution in [2.24, 2.45) is 29.6 Å². The maximum atomic E-state index is 13.1. The van der Waals surface area contributed by atoms with E-state index in [1.807, 2.05) is 32.0 Å². The molecule has 36 heavy (non-hydrogen) atoms. The van der Waals surface area contributed by atoms with Crippen molar-refractivity contribution in [3.05, 3.63) is 65.2 Å². The Morgan fingerprint density at radius 3 is 2.14 bits per heavy atom. The van der Waals surface area contributed by atoms with E-state index in [2.05, 4.69) is 12.2 Å². The number of amides is 3. The zero-order chi connectivity index (χ0) is 25.3. The Balaban J connectivity index is 1.16. The second kappa shape index (κ2) is 8.15. The zero-order valence-corrected chi connectivity index (χ0v) is 20.6. The fourth-order valence-corrected chi connectivity index (χ4v) is 6.49. The van der Waals surface area contributed by atoms with Gasteiger partial charge in [0.05, 0.1) is 23.4 Å². The summed E-state index contributed by atoms with van der Waals surface area (Å²) in [5.41, 5.74) is 4.14. The smallest absolute Gasteiger partial charge is 0.316 e. The number of anilines is 2. The number of ether oxygens (including phenoxy) is 1. The SMILES string of the molecule is Cc1ccc(N2C[C@H](C(=O)Oc3ccc(N4C(=O)[C@@H]5[C@H](C4=O)[C@H]4C=C[C@H]5C4)c(C)c3)CC2=O)c(C)c1. The maximum Gasteiger partial charge on any atom is 0.316 e. The Bertz CT molecular complexity index is 1330. The largest absolute Gasteiger partial charge is 0.426 e. The minimum absolute atomic E-state index is 0.0964. The monoisotopic (exact) mass is 484 g/mol. The third-order valence-corrected chi connectivity index (χ3v) is 8.20. The van der Waals surface area contributed by atoms with Gasteiger partial charge in [-0.3, -0.25) is 19.2 Å². The van der Waals surface area contributed by atoms with Crippen LogP contribution in [0, 0.1) is 50.4 Å². The first-order valence-corrected chi connectivity index (χ1v) is 12.5. The molecule has 2 aromatic carbocycles. The molecule has 3 fully saturated rings. The number of hydrogen-bond acceptors (Lipinski definition) is 5. The number of nitrogens with zero attached hydrogens (tertiary/aromatic N) is 2. The minimum atomic E-state index is -0.567. The number of carbonyl (C=O) groups excluding carboxylic acids is 4. The van der Waals surface area contributed by atoms with Crippen LogP contribution < -0.4 is 14.5 Å². The van der Waals surface area contributed by atoms with Crippen molar-refractivity contribution in [3.8, 4) is 5.75 Å². The molecule has 2 aliphatic heterocycles. The number of benzene rings is 2. The zero-order valence-electron chi connectivity index (χ0n) is 20.6. The number of carbonyl (C=O) groups is 4. The molecule has 2 aliphatic carbocycles. The summed E-state index contributed by atoms with van der Waals surface area (Å²) in [7, 11) is 0. The molecule has 2 aromatic rings. The van der Waals surface area contributed by atoms with Crippen molar-refractivity contribution in [2.45, 2.75) is 33.6 Å². The maximum absolute atomic E-state index is 13.1. The summed E-state index contributed by atoms with van der Waals surface area (Å²) in [5.74, 6) is -1.28. The first kappa shape index (κ1) is 22.7. The number of allylic oxidation sites excluding steroid dienone is 2. The van der Waals surface area contributed by atoms with Crippen LogP contribution in [-0.2, 0) is 19.2 Å². The first-order valence-electron chi connectivity index (χ1n) is 12.5. The highest BCUT2D eigenvalue weighted by Crippen LogP contribution is 2.53. The molecule has 2 saturated heterocycles. The number of imide groups is 1. The number of esters is 1. The van der Waals surface area contributed by atoms with Crippen LogP contribution in [0.4, 0.5) is 11.4 Å². The summed E-state index contributed by atoms with van der Waals surface area (Å²) in [6.07, 6.45) is 5.13. The van der Waals surface area contributed by atoms with Gasteiger partial charge in [-0.1, -0.05) is 29.8 Å². The van der Waals surface area contributed by atoms with Crippen molar-refractivity contribution >= 4 is 35.1 Å². The molecule has 7 nitrogen and oxygen atoms in total. The summed E-state index contributed by atoms with van der Waals surface area (Å²) in [5, 5.41) is 0. The highest BCUT2D eigenvalue weighted by Gasteiger charge is 2.59. The molecule has 184 valence electrons. The van der Waals surface area contributed by atoms with Crippen molar-refractivity contribution in [3.63, 3.8) is 0 Å². The van der Waals surface area contributed by atoms with Crippen molar-refractivity contribution in [1.82, 2.24) is 0 Å². The second-order valence-corrected chi connectivity index (χ2v) is 10.6. The second-order valence-electron chi connectivity index (χ2n) is 10.6. The molecule has 0 N–H and O–H groups in total. The van der Waals surface area contributed by atoms with E-state index in [0.29, 0.717) is 17.0 Å². The highest BCUT2D eigenvalue weighted by atomic mass is 16.5. The molecule has 6 rings (SSSR count). The van der Waals surface area contributed by atoms with Gasteiger partial charge in [0.25, 0.3) is 0 Å². The van der Waals surface area contributed by atoms with E-state index in [-0.39, 0.29) is 54.4 Å². The van der Waals surface area contributed by atoms with Crippen LogP contribution in [0.15, 0.2) is 48.6 Å². The Labute approximate surface area is 209 Å². The molecule has 0 spiro atoms. The molecule has 0 unspecified atom stereocenters. The molecule has 4 aliphatic rings. The predicted octanol–water partition coefficient (Wildman–Crippen LogP) is 3.88. The molecule has 5 atom stereocenters. The van der Waals surface area contributed by atoms with Crippen molar-refractivity contribution < 1.29 is 23.9 Å². The molecule has 7 heteroatoms. The van der Waals surface area contributed by atoms with Gasteiger partial charge >= 0.3 is 5.97 Å². The number of rotatable bonds is 4. The minimum Gasteiger partial charge on any atom is -0.426 e. The van der Waals surface area contributed by atoms with E-state index in [1.54, 1.807) is 30.0 Å².